The molecule has 0 aromatic carbocycles. The van der Waals surface area contributed by atoms with Crippen molar-refractivity contribution >= 4 is 36.1 Å². The second-order valence-corrected chi connectivity index (χ2v) is 25.7. The van der Waals surface area contributed by atoms with Gasteiger partial charge in [0.15, 0.2) is 13.6 Å². The Morgan fingerprint density at radius 1 is 1.12 bits per heavy atom. The number of carbonyl (C=O) groups excluding carboxylic acids is 1. The highest BCUT2D eigenvalue weighted by Gasteiger charge is 2.59. The lowest BCUT2D eigenvalue weighted by Gasteiger charge is -2.56. The van der Waals surface area contributed by atoms with Crippen LogP contribution in [0.25, 0.3) is 0 Å². The highest BCUT2D eigenvalue weighted by molar-refractivity contribution is 6.81. The van der Waals surface area contributed by atoms with Crippen molar-refractivity contribution in [1.29, 1.82) is 0 Å². The molecule has 1 amide bonds. The van der Waals surface area contributed by atoms with Gasteiger partial charge in [0.1, 0.15) is 33.0 Å². The summed E-state index contributed by atoms with van der Waals surface area (Å²) in [6.07, 6.45) is 1.84. The van der Waals surface area contributed by atoms with E-state index in [1.165, 1.54) is 6.92 Å². The third-order valence-corrected chi connectivity index (χ3v) is 12.0. The molecular weight excluding hydrogens is 378 g/mol. The number of imidazole rings is 1. The molecule has 1 aliphatic heterocycles. The number of anilines is 1. The van der Waals surface area contributed by atoms with Gasteiger partial charge in [-0.25, -0.2) is 4.98 Å². The summed E-state index contributed by atoms with van der Waals surface area (Å²) < 4.78 is 2.19. The zero-order chi connectivity index (χ0) is 20.3. The summed E-state index contributed by atoms with van der Waals surface area (Å²) in [5.41, 5.74) is -0.212. The Labute approximate surface area is 160 Å². The van der Waals surface area contributed by atoms with Crippen molar-refractivity contribution in [3.63, 3.8) is 0 Å². The highest BCUT2D eigenvalue weighted by Crippen LogP contribution is 2.42. The van der Waals surface area contributed by atoms with Crippen LogP contribution in [0.15, 0.2) is 6.33 Å². The van der Waals surface area contributed by atoms with Crippen LogP contribution in [-0.4, -0.2) is 50.0 Å². The van der Waals surface area contributed by atoms with E-state index < -0.39 is 35.1 Å². The largest absolute Gasteiger partial charge is 0.373 e. The van der Waals surface area contributed by atoms with E-state index in [1.807, 2.05) is 6.33 Å². The molecule has 1 aromatic heterocycles. The van der Waals surface area contributed by atoms with Gasteiger partial charge in [-0.2, -0.15) is 0 Å². The average Bonchev–Trinajstić information content (AvgIpc) is 2.79. The van der Waals surface area contributed by atoms with Crippen molar-refractivity contribution < 1.29 is 9.90 Å². The van der Waals surface area contributed by atoms with Crippen molar-refractivity contribution in [3.8, 4) is 0 Å². The summed E-state index contributed by atoms with van der Waals surface area (Å²) in [4.78, 5) is 16.7. The van der Waals surface area contributed by atoms with Crippen molar-refractivity contribution in [2.24, 2.45) is 0 Å². The first-order valence-corrected chi connectivity index (χ1v) is 19.6. The van der Waals surface area contributed by atoms with Gasteiger partial charge in [-0.1, -0.05) is 58.9 Å². The van der Waals surface area contributed by atoms with Gasteiger partial charge in [0.25, 0.3) is 0 Å². The summed E-state index contributed by atoms with van der Waals surface area (Å²) in [7, 11) is -6.03. The summed E-state index contributed by atoms with van der Waals surface area (Å²) in [6, 6.07) is 0. The van der Waals surface area contributed by atoms with Crippen LogP contribution in [0.4, 0.5) is 5.82 Å². The maximum atomic E-state index is 12.1. The Morgan fingerprint density at radius 2 is 1.65 bits per heavy atom. The minimum absolute atomic E-state index is 0.132. The Bertz CT molecular complexity index is 717. The van der Waals surface area contributed by atoms with E-state index >= 15 is 0 Å². The zero-order valence-electron chi connectivity index (χ0n) is 17.8. The third-order valence-electron chi connectivity index (χ3n) is 5.08. The van der Waals surface area contributed by atoms with Gasteiger partial charge in [0.2, 0.25) is 5.91 Å². The number of fused-ring (bicyclic) bond motifs is 1. The number of nitrogens with zero attached hydrogens (tertiary/aromatic N) is 2. The normalized spacial score (nSPS) is 26.9. The Hall–Kier alpha value is -0.949. The highest BCUT2D eigenvalue weighted by atomic mass is 28.3. The van der Waals surface area contributed by atoms with E-state index in [0.717, 1.165) is 5.82 Å². The van der Waals surface area contributed by atoms with E-state index in [9.17, 15) is 9.90 Å². The molecule has 1 aromatic rings. The molecule has 2 atom stereocenters. The molecule has 7 nitrogen and oxygen atoms in total. The van der Waals surface area contributed by atoms with Crippen LogP contribution < -0.4 is 16.0 Å². The predicted octanol–water partition coefficient (Wildman–Crippen LogP) is 2.27. The number of aliphatic hydroxyl groups is 1. The number of hydrogen-bond donors (Lipinski definition) is 4. The number of aromatic nitrogens is 2. The second-order valence-electron chi connectivity index (χ2n) is 10.4. The van der Waals surface area contributed by atoms with Gasteiger partial charge in [-0.15, -0.1) is 0 Å². The quantitative estimate of drug-likeness (QED) is 0.568. The predicted molar refractivity (Wildman–Crippen MR) is 115 cm³/mol. The topological polar surface area (TPSA) is 91.2 Å². The third kappa shape index (κ3) is 3.33. The molecule has 0 saturated heterocycles. The molecule has 0 radical (unpaired) electrons. The van der Waals surface area contributed by atoms with Crippen LogP contribution in [0.1, 0.15) is 12.6 Å². The van der Waals surface area contributed by atoms with Crippen molar-refractivity contribution in [2.45, 2.75) is 76.6 Å². The molecule has 2 heterocycles. The number of amides is 1. The van der Waals surface area contributed by atoms with Crippen LogP contribution in [-0.2, 0) is 10.1 Å². The molecule has 26 heavy (non-hydrogen) atoms. The van der Waals surface area contributed by atoms with E-state index in [0.29, 0.717) is 5.69 Å². The first kappa shape index (κ1) is 21.4. The Balaban J connectivity index is 2.81. The maximum Gasteiger partial charge on any atom is 0.219 e. The SMILES string of the molecule is CC(=O)NC1([Si](C)(C)C)Nc2c(ncn2[Si](C)(C)C)C(O)([Si](C)(C)C)N1. The van der Waals surface area contributed by atoms with Crippen LogP contribution >= 0.6 is 0 Å². The molecule has 10 heteroatoms. The van der Waals surface area contributed by atoms with E-state index in [4.69, 9.17) is 0 Å². The first-order chi connectivity index (χ1) is 11.4. The first-order valence-electron chi connectivity index (χ1n) is 9.11. The molecule has 0 spiro atoms. The molecule has 2 rings (SSSR count). The lowest BCUT2D eigenvalue weighted by molar-refractivity contribution is -0.120. The molecular formula is C16H35N5O2Si3. The molecule has 0 bridgehead atoms. The fourth-order valence-electron chi connectivity index (χ4n) is 3.21. The molecule has 148 valence electrons. The number of hydrogen-bond acceptors (Lipinski definition) is 5. The molecule has 2 unspecified atom stereocenters. The summed E-state index contributed by atoms with van der Waals surface area (Å²) >= 11 is 0. The van der Waals surface area contributed by atoms with Crippen molar-refractivity contribution in [2.75, 3.05) is 5.32 Å². The summed E-state index contributed by atoms with van der Waals surface area (Å²) in [6.45, 7) is 21.1. The van der Waals surface area contributed by atoms with E-state index in [1.54, 1.807) is 0 Å². The van der Waals surface area contributed by atoms with Gasteiger partial charge in [-0.3, -0.25) is 10.1 Å². The average molecular weight is 414 g/mol. The smallest absolute Gasteiger partial charge is 0.219 e. The zero-order valence-corrected chi connectivity index (χ0v) is 20.8. The maximum absolute atomic E-state index is 12.1. The van der Waals surface area contributed by atoms with Crippen LogP contribution in [0.5, 0.6) is 0 Å². The second kappa shape index (κ2) is 6.03. The van der Waals surface area contributed by atoms with Gasteiger partial charge < -0.3 is 20.0 Å². The lowest BCUT2D eigenvalue weighted by atomic mass is 10.3. The van der Waals surface area contributed by atoms with Crippen LogP contribution in [0, 0.1) is 0 Å². The fraction of sp³-hybridized carbons (Fsp3) is 0.750. The van der Waals surface area contributed by atoms with Crippen LogP contribution in [0.3, 0.4) is 0 Å². The van der Waals surface area contributed by atoms with Gasteiger partial charge in [0.05, 0.1) is 6.33 Å². The van der Waals surface area contributed by atoms with Gasteiger partial charge in [0, 0.05) is 6.92 Å². The van der Waals surface area contributed by atoms with Gasteiger partial charge in [-0.05, 0) is 0 Å². The Kier molecular flexibility index (Phi) is 4.95. The number of rotatable bonds is 4. The monoisotopic (exact) mass is 413 g/mol. The van der Waals surface area contributed by atoms with Gasteiger partial charge >= 0.3 is 0 Å². The fourth-order valence-corrected chi connectivity index (χ4v) is 7.63. The number of nitrogens with one attached hydrogen (secondary N) is 3. The van der Waals surface area contributed by atoms with Crippen molar-refractivity contribution in [1.82, 2.24) is 19.9 Å². The Morgan fingerprint density at radius 3 is 2.04 bits per heavy atom. The summed E-state index contributed by atoms with van der Waals surface area (Å²) in [5, 5.41) is 20.8. The molecule has 0 fully saturated rings. The van der Waals surface area contributed by atoms with E-state index in [-0.39, 0.29) is 5.91 Å². The molecule has 0 saturated carbocycles. The van der Waals surface area contributed by atoms with Crippen LogP contribution in [0.2, 0.25) is 58.9 Å². The lowest BCUT2D eigenvalue weighted by Crippen LogP contribution is -2.83. The molecule has 1 aliphatic rings. The minimum Gasteiger partial charge on any atom is -0.373 e. The van der Waals surface area contributed by atoms with Crippen molar-refractivity contribution in [3.05, 3.63) is 12.0 Å². The molecule has 0 aliphatic carbocycles. The number of carbonyl (C=O) groups is 1. The van der Waals surface area contributed by atoms with E-state index in [2.05, 4.69) is 84.1 Å². The minimum atomic E-state index is -2.18. The molecule has 4 N–H and O–H groups in total. The standard InChI is InChI=1S/C16H35N5O2Si3/c1-12(22)18-16(25(5,6)7)19-14-13(15(23,20-16)24(2,3)4)17-11-21(14)26(8,9)10/h11,19-20,23H,1-10H3,(H,18,22). The summed E-state index contributed by atoms with van der Waals surface area (Å²) in [5.74, 6) is 0.705.